The number of hydrogen-bond donors (Lipinski definition) is 0. The van der Waals surface area contributed by atoms with E-state index < -0.39 is 0 Å². The van der Waals surface area contributed by atoms with Crippen molar-refractivity contribution in [3.05, 3.63) is 0 Å². The van der Waals surface area contributed by atoms with E-state index in [9.17, 15) is 4.79 Å². The van der Waals surface area contributed by atoms with Gasteiger partial charge in [-0.15, -0.1) is 0 Å². The molecule has 4 saturated carbocycles. The highest BCUT2D eigenvalue weighted by molar-refractivity contribution is 9.09. The molecule has 1 atom stereocenters. The molecule has 4 aliphatic carbocycles. The molecule has 0 aromatic rings. The molecule has 3 nitrogen and oxygen atoms in total. The van der Waals surface area contributed by atoms with Crippen LogP contribution in [0.4, 0.5) is 0 Å². The molecule has 0 radical (unpaired) electrons. The van der Waals surface area contributed by atoms with Crippen molar-refractivity contribution >= 4 is 21.8 Å². The molecule has 0 aromatic carbocycles. The fourth-order valence-electron chi connectivity index (χ4n) is 5.59. The van der Waals surface area contributed by atoms with Gasteiger partial charge in [-0.05, 0) is 55.8 Å². The number of rotatable bonds is 2. The Bertz CT molecular complexity index is 372. The number of hydrogen-bond acceptors (Lipinski definition) is 2. The Balaban J connectivity index is 1.53. The smallest absolute Gasteiger partial charge is 0.226 e. The lowest BCUT2D eigenvalue weighted by atomic mass is 9.51. The minimum absolute atomic E-state index is 0.244. The first-order valence-electron chi connectivity index (χ1n) is 8.20. The highest BCUT2D eigenvalue weighted by atomic mass is 79.9. The van der Waals surface area contributed by atoms with Gasteiger partial charge in [-0.3, -0.25) is 4.79 Å². The quantitative estimate of drug-likeness (QED) is 0.722. The second-order valence-corrected chi connectivity index (χ2v) is 8.02. The maximum atomic E-state index is 13.1. The molecule has 1 saturated heterocycles. The van der Waals surface area contributed by atoms with E-state index in [0.29, 0.717) is 36.9 Å². The summed E-state index contributed by atoms with van der Waals surface area (Å²) in [5.74, 6) is 4.06. The molecule has 4 bridgehead atoms. The molecule has 0 N–H and O–H groups in total. The first-order valence-corrected chi connectivity index (χ1v) is 9.32. The molecule has 1 unspecified atom stereocenters. The molecule has 1 amide bonds. The van der Waals surface area contributed by atoms with E-state index >= 15 is 0 Å². The fourth-order valence-corrected chi connectivity index (χ4v) is 6.13. The molecule has 20 heavy (non-hydrogen) atoms. The van der Waals surface area contributed by atoms with Gasteiger partial charge in [-0.1, -0.05) is 15.9 Å². The molecule has 1 aliphatic heterocycles. The second kappa shape index (κ2) is 5.28. The zero-order valence-corrected chi connectivity index (χ0v) is 13.6. The summed E-state index contributed by atoms with van der Waals surface area (Å²) in [6.45, 7) is 2.20. The van der Waals surface area contributed by atoms with Crippen molar-refractivity contribution in [1.82, 2.24) is 4.90 Å². The van der Waals surface area contributed by atoms with E-state index in [1.807, 2.05) is 0 Å². The largest absolute Gasteiger partial charge is 0.377 e. The number of amides is 1. The van der Waals surface area contributed by atoms with Crippen LogP contribution in [0.25, 0.3) is 0 Å². The van der Waals surface area contributed by atoms with Gasteiger partial charge in [0.25, 0.3) is 0 Å². The highest BCUT2D eigenvalue weighted by Gasteiger charge is 2.52. The fraction of sp³-hybridized carbons (Fsp3) is 0.938. The van der Waals surface area contributed by atoms with Crippen molar-refractivity contribution in [3.63, 3.8) is 0 Å². The summed E-state index contributed by atoms with van der Waals surface area (Å²) in [6.07, 6.45) is 6.76. The molecular weight excluding hydrogens is 318 g/mol. The van der Waals surface area contributed by atoms with E-state index in [1.54, 1.807) is 0 Å². The molecule has 112 valence electrons. The summed E-state index contributed by atoms with van der Waals surface area (Å²) in [5.41, 5.74) is 0. The van der Waals surface area contributed by atoms with Crippen LogP contribution in [-0.2, 0) is 9.53 Å². The van der Waals surface area contributed by atoms with Crippen LogP contribution in [0.15, 0.2) is 0 Å². The molecule has 4 heteroatoms. The third-order valence-electron chi connectivity index (χ3n) is 6.20. The van der Waals surface area contributed by atoms with Crippen molar-refractivity contribution in [2.24, 2.45) is 29.6 Å². The third-order valence-corrected chi connectivity index (χ3v) is 6.95. The highest BCUT2D eigenvalue weighted by Crippen LogP contribution is 2.57. The number of morpholine rings is 1. The monoisotopic (exact) mass is 341 g/mol. The van der Waals surface area contributed by atoms with Gasteiger partial charge < -0.3 is 9.64 Å². The normalized spacial score (nSPS) is 46.8. The zero-order valence-electron chi connectivity index (χ0n) is 12.0. The number of ether oxygens (including phenoxy) is 1. The van der Waals surface area contributed by atoms with Gasteiger partial charge in [-0.2, -0.15) is 0 Å². The number of halogens is 1. The van der Waals surface area contributed by atoms with Crippen LogP contribution in [0, 0.1) is 29.6 Å². The lowest BCUT2D eigenvalue weighted by Gasteiger charge is -2.55. The van der Waals surface area contributed by atoms with Crippen molar-refractivity contribution in [2.75, 3.05) is 25.1 Å². The SMILES string of the molecule is O=C(C1C2CC3CC(C2)CC1C3)N1CCOCC1CBr. The maximum absolute atomic E-state index is 13.1. The van der Waals surface area contributed by atoms with Gasteiger partial charge in [0.1, 0.15) is 0 Å². The summed E-state index contributed by atoms with van der Waals surface area (Å²) in [7, 11) is 0. The first kappa shape index (κ1) is 13.6. The number of nitrogens with zero attached hydrogens (tertiary/aromatic N) is 1. The van der Waals surface area contributed by atoms with Gasteiger partial charge >= 0.3 is 0 Å². The predicted molar refractivity (Wildman–Crippen MR) is 80.6 cm³/mol. The summed E-state index contributed by atoms with van der Waals surface area (Å²) < 4.78 is 5.53. The van der Waals surface area contributed by atoms with Gasteiger partial charge in [0.15, 0.2) is 0 Å². The summed E-state index contributed by atoms with van der Waals surface area (Å²) in [5, 5.41) is 0.839. The average Bonchev–Trinajstić information content (AvgIpc) is 2.46. The topological polar surface area (TPSA) is 29.5 Å². The Morgan fingerprint density at radius 2 is 1.75 bits per heavy atom. The molecule has 0 spiro atoms. The standard InChI is InChI=1S/C16H24BrNO2/c17-8-14-9-20-2-1-18(14)16(19)15-12-4-10-3-11(6-12)7-13(15)5-10/h10-15H,1-9H2. The molecular formula is C16H24BrNO2. The van der Waals surface area contributed by atoms with Crippen molar-refractivity contribution in [1.29, 1.82) is 0 Å². The predicted octanol–water partition coefficient (Wildman–Crippen LogP) is 2.68. The van der Waals surface area contributed by atoms with Crippen molar-refractivity contribution in [3.8, 4) is 0 Å². The Morgan fingerprint density at radius 3 is 2.35 bits per heavy atom. The Kier molecular flexibility index (Phi) is 3.58. The van der Waals surface area contributed by atoms with Gasteiger partial charge in [0.05, 0.1) is 19.3 Å². The number of carbonyl (C=O) groups excluding carboxylic acids is 1. The minimum atomic E-state index is 0.244. The Morgan fingerprint density at radius 1 is 1.10 bits per heavy atom. The molecule has 5 rings (SSSR count). The van der Waals surface area contributed by atoms with Crippen LogP contribution in [0.3, 0.4) is 0 Å². The summed E-state index contributed by atoms with van der Waals surface area (Å²) in [6, 6.07) is 0.244. The van der Waals surface area contributed by atoms with E-state index in [2.05, 4.69) is 20.8 Å². The first-order chi connectivity index (χ1) is 9.76. The van der Waals surface area contributed by atoms with Gasteiger partial charge in [0, 0.05) is 17.8 Å². The van der Waals surface area contributed by atoms with Gasteiger partial charge in [0.2, 0.25) is 5.91 Å². The van der Waals surface area contributed by atoms with E-state index in [-0.39, 0.29) is 6.04 Å². The zero-order chi connectivity index (χ0) is 13.7. The second-order valence-electron chi connectivity index (χ2n) is 7.37. The Labute approximate surface area is 129 Å². The summed E-state index contributed by atoms with van der Waals surface area (Å²) in [4.78, 5) is 15.2. The van der Waals surface area contributed by atoms with E-state index in [4.69, 9.17) is 4.74 Å². The van der Waals surface area contributed by atoms with Crippen LogP contribution in [0.5, 0.6) is 0 Å². The Hall–Kier alpha value is -0.0900. The average molecular weight is 342 g/mol. The molecule has 0 aromatic heterocycles. The minimum Gasteiger partial charge on any atom is -0.377 e. The number of carbonyl (C=O) groups is 1. The van der Waals surface area contributed by atoms with E-state index in [1.165, 1.54) is 32.1 Å². The lowest BCUT2D eigenvalue weighted by Crippen LogP contribution is -2.57. The van der Waals surface area contributed by atoms with Crippen molar-refractivity contribution in [2.45, 2.75) is 38.1 Å². The maximum Gasteiger partial charge on any atom is 0.226 e. The van der Waals surface area contributed by atoms with E-state index in [0.717, 1.165) is 23.7 Å². The van der Waals surface area contributed by atoms with Crippen LogP contribution in [0.2, 0.25) is 0 Å². The third kappa shape index (κ3) is 2.14. The molecule has 5 aliphatic rings. The van der Waals surface area contributed by atoms with Crippen LogP contribution < -0.4 is 0 Å². The van der Waals surface area contributed by atoms with Crippen LogP contribution in [0.1, 0.15) is 32.1 Å². The van der Waals surface area contributed by atoms with Crippen LogP contribution >= 0.6 is 15.9 Å². The summed E-state index contributed by atoms with van der Waals surface area (Å²) >= 11 is 3.55. The van der Waals surface area contributed by atoms with Crippen molar-refractivity contribution < 1.29 is 9.53 Å². The van der Waals surface area contributed by atoms with Crippen LogP contribution in [-0.4, -0.2) is 41.9 Å². The lowest BCUT2D eigenvalue weighted by molar-refractivity contribution is -0.156. The number of alkyl halides is 1. The molecule has 1 heterocycles. The van der Waals surface area contributed by atoms with Gasteiger partial charge in [-0.25, -0.2) is 0 Å². The molecule has 5 fully saturated rings.